The van der Waals surface area contributed by atoms with E-state index in [4.69, 9.17) is 4.74 Å². The summed E-state index contributed by atoms with van der Waals surface area (Å²) in [5, 5.41) is 0. The van der Waals surface area contributed by atoms with E-state index in [0.29, 0.717) is 0 Å². The Morgan fingerprint density at radius 2 is 1.20 bits per heavy atom. The molecule has 0 unspecified atom stereocenters. The Morgan fingerprint density at radius 3 is 1.66 bits per heavy atom. The number of likely N-dealkylation sites (tertiary alicyclic amines) is 1. The van der Waals surface area contributed by atoms with Gasteiger partial charge in [0.2, 0.25) is 11.8 Å². The normalized spacial score (nSPS) is 23.5. The number of ether oxygens (including phenoxy) is 1. The van der Waals surface area contributed by atoms with Gasteiger partial charge < -0.3 is 4.74 Å². The fourth-order valence-electron chi connectivity index (χ4n) is 5.93. The van der Waals surface area contributed by atoms with Gasteiger partial charge in [-0.1, -0.05) is 48.5 Å². The van der Waals surface area contributed by atoms with Crippen molar-refractivity contribution in [2.75, 3.05) is 13.2 Å². The first kappa shape index (κ1) is 21.4. The van der Waals surface area contributed by atoms with Crippen molar-refractivity contribution in [3.8, 4) is 0 Å². The van der Waals surface area contributed by atoms with Crippen LogP contribution in [0.5, 0.6) is 0 Å². The van der Waals surface area contributed by atoms with E-state index < -0.39 is 42.6 Å². The van der Waals surface area contributed by atoms with Gasteiger partial charge in [0.15, 0.2) is 12.4 Å². The molecule has 7 heteroatoms. The van der Waals surface area contributed by atoms with Crippen LogP contribution in [-0.4, -0.2) is 41.6 Å². The lowest BCUT2D eigenvalue weighted by atomic mass is 9.55. The first-order chi connectivity index (χ1) is 17.0. The average Bonchev–Trinajstić information content (AvgIpc) is 3.13. The minimum atomic E-state index is -0.844. The lowest BCUT2D eigenvalue weighted by molar-refractivity contribution is -0.152. The van der Waals surface area contributed by atoms with Crippen molar-refractivity contribution in [3.63, 3.8) is 0 Å². The quantitative estimate of drug-likeness (QED) is 0.325. The number of carbonyl (C=O) groups is 4. The lowest BCUT2D eigenvalue weighted by Crippen LogP contribution is -2.41. The number of nitrogens with zero attached hydrogens (tertiary/aromatic N) is 1. The van der Waals surface area contributed by atoms with E-state index >= 15 is 0 Å². The van der Waals surface area contributed by atoms with Crippen LogP contribution in [0, 0.1) is 17.7 Å². The Kier molecular flexibility index (Phi) is 4.88. The fourth-order valence-corrected chi connectivity index (χ4v) is 5.93. The monoisotopic (exact) mass is 469 g/mol. The molecule has 3 aromatic carbocycles. The standard InChI is InChI=1S/C28H20FNO5/c29-16-11-9-15(10-12-16)21(31)14-35-22(32)13-30-27(33)25-23-17-5-1-2-6-18(17)24(26(25)28(30)34)20-8-4-3-7-19(20)23/h1-12,23-26H,13-14H2/t23?,24?,25-,26+. The summed E-state index contributed by atoms with van der Waals surface area (Å²) in [5.74, 6) is -4.27. The van der Waals surface area contributed by atoms with E-state index in [-0.39, 0.29) is 29.2 Å². The molecule has 6 nitrogen and oxygen atoms in total. The number of Topliss-reactive ketones (excluding diaryl/α,β-unsaturated/α-hetero) is 1. The molecule has 0 spiro atoms. The Morgan fingerprint density at radius 1 is 0.743 bits per heavy atom. The molecule has 35 heavy (non-hydrogen) atoms. The van der Waals surface area contributed by atoms with Crippen LogP contribution in [-0.2, 0) is 19.1 Å². The number of halogens is 1. The summed E-state index contributed by atoms with van der Waals surface area (Å²) in [6.07, 6.45) is 0. The van der Waals surface area contributed by atoms with Crippen LogP contribution in [0.1, 0.15) is 44.4 Å². The van der Waals surface area contributed by atoms with Crippen LogP contribution in [0.25, 0.3) is 0 Å². The molecule has 1 saturated heterocycles. The number of ketones is 1. The molecule has 1 fully saturated rings. The highest BCUT2D eigenvalue weighted by Gasteiger charge is 2.61. The van der Waals surface area contributed by atoms with Gasteiger partial charge >= 0.3 is 5.97 Å². The zero-order valence-electron chi connectivity index (χ0n) is 18.5. The van der Waals surface area contributed by atoms with Crippen molar-refractivity contribution in [1.29, 1.82) is 0 Å². The summed E-state index contributed by atoms with van der Waals surface area (Å²) in [6.45, 7) is -1.11. The van der Waals surface area contributed by atoms with Gasteiger partial charge in [-0.15, -0.1) is 0 Å². The Hall–Kier alpha value is -4.13. The van der Waals surface area contributed by atoms with Gasteiger partial charge in [-0.05, 0) is 46.5 Å². The first-order valence-corrected chi connectivity index (χ1v) is 11.4. The summed E-state index contributed by atoms with van der Waals surface area (Å²) < 4.78 is 18.1. The summed E-state index contributed by atoms with van der Waals surface area (Å²) in [5.41, 5.74) is 4.40. The zero-order valence-corrected chi connectivity index (χ0v) is 18.5. The number of benzene rings is 3. The smallest absolute Gasteiger partial charge is 0.326 e. The van der Waals surface area contributed by atoms with Gasteiger partial charge in [-0.2, -0.15) is 0 Å². The molecule has 0 radical (unpaired) electrons. The molecule has 0 N–H and O–H groups in total. The second-order valence-electron chi connectivity index (χ2n) is 9.12. The number of hydrogen-bond acceptors (Lipinski definition) is 5. The van der Waals surface area contributed by atoms with Gasteiger partial charge in [0, 0.05) is 17.4 Å². The number of esters is 1. The van der Waals surface area contributed by atoms with E-state index in [1.165, 1.54) is 12.1 Å². The van der Waals surface area contributed by atoms with Crippen LogP contribution < -0.4 is 0 Å². The highest BCUT2D eigenvalue weighted by Crippen LogP contribution is 2.60. The molecule has 174 valence electrons. The summed E-state index contributed by atoms with van der Waals surface area (Å²) >= 11 is 0. The lowest BCUT2D eigenvalue weighted by Gasteiger charge is -2.45. The predicted molar refractivity (Wildman–Crippen MR) is 122 cm³/mol. The van der Waals surface area contributed by atoms with Gasteiger partial charge in [0.1, 0.15) is 12.4 Å². The van der Waals surface area contributed by atoms with Gasteiger partial charge in [0.05, 0.1) is 11.8 Å². The molecule has 3 aliphatic carbocycles. The summed E-state index contributed by atoms with van der Waals surface area (Å²) in [6, 6.07) is 20.7. The molecule has 0 saturated carbocycles. The highest BCUT2D eigenvalue weighted by molar-refractivity contribution is 6.09. The fraction of sp³-hybridized carbons (Fsp3) is 0.214. The van der Waals surface area contributed by atoms with Gasteiger partial charge in [-0.25, -0.2) is 4.39 Å². The molecule has 1 heterocycles. The number of amides is 2. The Bertz CT molecular complexity index is 1280. The van der Waals surface area contributed by atoms with Gasteiger partial charge in [-0.3, -0.25) is 24.1 Å². The van der Waals surface area contributed by atoms with E-state index in [0.717, 1.165) is 39.3 Å². The Balaban J connectivity index is 1.23. The predicted octanol–water partition coefficient (Wildman–Crippen LogP) is 3.44. The van der Waals surface area contributed by atoms with E-state index in [1.54, 1.807) is 0 Å². The molecule has 2 atom stereocenters. The molecule has 4 aliphatic rings. The molecule has 3 aromatic rings. The Labute approximate surface area is 200 Å². The van der Waals surface area contributed by atoms with E-state index in [1.807, 2.05) is 48.5 Å². The number of carbonyl (C=O) groups excluding carboxylic acids is 4. The number of hydrogen-bond donors (Lipinski definition) is 0. The minimum Gasteiger partial charge on any atom is -0.456 e. The van der Waals surface area contributed by atoms with Crippen molar-refractivity contribution >= 4 is 23.6 Å². The molecule has 2 bridgehead atoms. The molecule has 7 rings (SSSR count). The third-order valence-corrected chi connectivity index (χ3v) is 7.36. The van der Waals surface area contributed by atoms with Crippen molar-refractivity contribution < 1.29 is 28.3 Å². The van der Waals surface area contributed by atoms with Crippen LogP contribution in [0.3, 0.4) is 0 Å². The zero-order chi connectivity index (χ0) is 24.3. The minimum absolute atomic E-state index is 0.200. The molecule has 1 aliphatic heterocycles. The van der Waals surface area contributed by atoms with Gasteiger partial charge in [0.25, 0.3) is 0 Å². The second-order valence-corrected chi connectivity index (χ2v) is 9.12. The maximum absolute atomic E-state index is 13.5. The van der Waals surface area contributed by atoms with Crippen LogP contribution >= 0.6 is 0 Å². The molecule has 2 amide bonds. The SMILES string of the molecule is O=C(CN1C(=O)[C@@H]2C3c4ccccc4C(c4ccccc43)[C@@H]2C1=O)OCC(=O)c1ccc(F)cc1. The summed E-state index contributed by atoms with van der Waals surface area (Å²) in [7, 11) is 0. The van der Waals surface area contributed by atoms with Crippen LogP contribution in [0.2, 0.25) is 0 Å². The molecule has 0 aromatic heterocycles. The van der Waals surface area contributed by atoms with Crippen molar-refractivity contribution in [2.24, 2.45) is 11.8 Å². The van der Waals surface area contributed by atoms with E-state index in [9.17, 15) is 23.6 Å². The number of rotatable bonds is 5. The number of imide groups is 1. The second kappa shape index (κ2) is 7.98. The maximum atomic E-state index is 13.5. The largest absolute Gasteiger partial charge is 0.456 e. The van der Waals surface area contributed by atoms with Crippen molar-refractivity contribution in [1.82, 2.24) is 4.90 Å². The molecular formula is C28H20FNO5. The first-order valence-electron chi connectivity index (χ1n) is 11.4. The van der Waals surface area contributed by atoms with E-state index in [2.05, 4.69) is 0 Å². The highest BCUT2D eigenvalue weighted by atomic mass is 19.1. The van der Waals surface area contributed by atoms with Crippen LogP contribution in [0.15, 0.2) is 72.8 Å². The third-order valence-electron chi connectivity index (χ3n) is 7.36. The van der Waals surface area contributed by atoms with Crippen molar-refractivity contribution in [2.45, 2.75) is 11.8 Å². The van der Waals surface area contributed by atoms with Crippen molar-refractivity contribution in [3.05, 3.63) is 106 Å². The average molecular weight is 469 g/mol. The topological polar surface area (TPSA) is 80.8 Å². The maximum Gasteiger partial charge on any atom is 0.326 e. The summed E-state index contributed by atoms with van der Waals surface area (Å²) in [4.78, 5) is 52.7. The van der Waals surface area contributed by atoms with Crippen LogP contribution in [0.4, 0.5) is 4.39 Å². The third kappa shape index (κ3) is 3.22. The molecular weight excluding hydrogens is 449 g/mol.